The number of rotatable bonds is 4. The number of hydrogen-bond acceptors (Lipinski definition) is 7. The largest absolute Gasteiger partial charge is 0.383 e. The number of nitrogen functional groups attached to an aromatic ring is 1. The van der Waals surface area contributed by atoms with E-state index in [0.29, 0.717) is 31.7 Å². The minimum atomic E-state index is -3.71. The molecule has 2 aromatic heterocycles. The molecule has 3 heterocycles. The SMILES string of the molecule is Nc1ncc(Cl)cc1S(=O)(=O)N1CCC(Nc2cccnn2)CC1. The third-order valence-corrected chi connectivity index (χ3v) is 5.98. The van der Waals surface area contributed by atoms with Crippen LogP contribution in [0.3, 0.4) is 0 Å². The second-order valence-electron chi connectivity index (χ2n) is 5.47. The normalized spacial score (nSPS) is 16.9. The minimum Gasteiger partial charge on any atom is -0.383 e. The summed E-state index contributed by atoms with van der Waals surface area (Å²) in [5, 5.41) is 11.3. The average molecular weight is 369 g/mol. The van der Waals surface area contributed by atoms with Crippen LogP contribution in [0.2, 0.25) is 5.02 Å². The van der Waals surface area contributed by atoms with Gasteiger partial charge in [-0.25, -0.2) is 13.4 Å². The van der Waals surface area contributed by atoms with E-state index in [0.717, 1.165) is 0 Å². The third-order valence-electron chi connectivity index (χ3n) is 3.84. The number of nitrogens with zero attached hydrogens (tertiary/aromatic N) is 4. The maximum atomic E-state index is 12.7. The van der Waals surface area contributed by atoms with Crippen molar-refractivity contribution in [1.82, 2.24) is 19.5 Å². The van der Waals surface area contributed by atoms with E-state index < -0.39 is 10.0 Å². The third kappa shape index (κ3) is 3.58. The molecule has 0 aliphatic carbocycles. The molecule has 0 spiro atoms. The van der Waals surface area contributed by atoms with Crippen LogP contribution in [0.25, 0.3) is 0 Å². The summed E-state index contributed by atoms with van der Waals surface area (Å²) in [6.45, 7) is 0.762. The molecular formula is C14H17ClN6O2S. The van der Waals surface area contributed by atoms with Crippen molar-refractivity contribution in [3.63, 3.8) is 0 Å². The monoisotopic (exact) mass is 368 g/mol. The predicted octanol–water partition coefficient (Wildman–Crippen LogP) is 1.37. The summed E-state index contributed by atoms with van der Waals surface area (Å²) in [7, 11) is -3.71. The van der Waals surface area contributed by atoms with Crippen LogP contribution in [0.15, 0.2) is 35.5 Å². The maximum absolute atomic E-state index is 12.7. The Balaban J connectivity index is 1.68. The summed E-state index contributed by atoms with van der Waals surface area (Å²) < 4.78 is 26.9. The first-order chi connectivity index (χ1) is 11.5. The van der Waals surface area contributed by atoms with Gasteiger partial charge in [-0.15, -0.1) is 5.10 Å². The molecule has 3 N–H and O–H groups in total. The fraction of sp³-hybridized carbons (Fsp3) is 0.357. The second-order valence-corrected chi connectivity index (χ2v) is 7.81. The molecule has 0 atom stereocenters. The summed E-state index contributed by atoms with van der Waals surface area (Å²) in [6.07, 6.45) is 4.24. The van der Waals surface area contributed by atoms with Crippen molar-refractivity contribution in [1.29, 1.82) is 0 Å². The Kier molecular flexibility index (Phi) is 4.83. The Morgan fingerprint density at radius 1 is 1.33 bits per heavy atom. The van der Waals surface area contributed by atoms with Crippen molar-refractivity contribution in [2.45, 2.75) is 23.8 Å². The molecule has 0 radical (unpaired) electrons. The minimum absolute atomic E-state index is 0.0424. The van der Waals surface area contributed by atoms with E-state index in [1.807, 2.05) is 6.07 Å². The Bertz CT molecular complexity index is 809. The molecule has 1 aliphatic rings. The van der Waals surface area contributed by atoms with Gasteiger partial charge < -0.3 is 11.1 Å². The number of sulfonamides is 1. The van der Waals surface area contributed by atoms with Crippen molar-refractivity contribution in [2.75, 3.05) is 24.1 Å². The van der Waals surface area contributed by atoms with E-state index in [1.165, 1.54) is 16.6 Å². The highest BCUT2D eigenvalue weighted by atomic mass is 35.5. The van der Waals surface area contributed by atoms with Crippen molar-refractivity contribution in [3.05, 3.63) is 35.6 Å². The van der Waals surface area contributed by atoms with Crippen LogP contribution in [0.1, 0.15) is 12.8 Å². The highest BCUT2D eigenvalue weighted by Crippen LogP contribution is 2.26. The summed E-state index contributed by atoms with van der Waals surface area (Å²) in [6, 6.07) is 5.10. The first-order valence-electron chi connectivity index (χ1n) is 7.42. The topological polar surface area (TPSA) is 114 Å². The number of hydrogen-bond donors (Lipinski definition) is 2. The van der Waals surface area contributed by atoms with Gasteiger partial charge in [0.25, 0.3) is 0 Å². The van der Waals surface area contributed by atoms with Gasteiger partial charge in [0.05, 0.1) is 5.02 Å². The Hall–Kier alpha value is -1.97. The first kappa shape index (κ1) is 16.9. The van der Waals surface area contributed by atoms with E-state index in [4.69, 9.17) is 17.3 Å². The maximum Gasteiger partial charge on any atom is 0.246 e. The van der Waals surface area contributed by atoms with Crippen molar-refractivity contribution in [3.8, 4) is 0 Å². The van der Waals surface area contributed by atoms with Gasteiger partial charge in [-0.05, 0) is 31.0 Å². The molecule has 0 bridgehead atoms. The zero-order valence-corrected chi connectivity index (χ0v) is 14.3. The van der Waals surface area contributed by atoms with Gasteiger partial charge in [0.1, 0.15) is 16.5 Å². The molecule has 0 saturated carbocycles. The molecule has 3 rings (SSSR count). The number of pyridine rings is 1. The fourth-order valence-corrected chi connectivity index (χ4v) is 4.39. The smallest absolute Gasteiger partial charge is 0.246 e. The molecule has 0 amide bonds. The van der Waals surface area contributed by atoms with Gasteiger partial charge in [-0.2, -0.15) is 9.40 Å². The van der Waals surface area contributed by atoms with Crippen molar-refractivity contribution < 1.29 is 8.42 Å². The van der Waals surface area contributed by atoms with Crippen LogP contribution >= 0.6 is 11.6 Å². The number of aromatic nitrogens is 3. The Morgan fingerprint density at radius 3 is 2.75 bits per heavy atom. The lowest BCUT2D eigenvalue weighted by molar-refractivity contribution is 0.329. The first-order valence-corrected chi connectivity index (χ1v) is 9.24. The zero-order valence-electron chi connectivity index (χ0n) is 12.8. The van der Waals surface area contributed by atoms with Gasteiger partial charge in [-0.3, -0.25) is 0 Å². The van der Waals surface area contributed by atoms with Gasteiger partial charge in [0.2, 0.25) is 10.0 Å². The molecule has 24 heavy (non-hydrogen) atoms. The summed E-state index contributed by atoms with van der Waals surface area (Å²) in [4.78, 5) is 3.78. The Morgan fingerprint density at radius 2 is 2.08 bits per heavy atom. The van der Waals surface area contributed by atoms with Gasteiger partial charge in [0, 0.05) is 31.5 Å². The van der Waals surface area contributed by atoms with Crippen molar-refractivity contribution in [2.24, 2.45) is 0 Å². The predicted molar refractivity (Wildman–Crippen MR) is 91.1 cm³/mol. The van der Waals surface area contributed by atoms with E-state index in [1.54, 1.807) is 12.3 Å². The standard InChI is InChI=1S/C14H17ClN6O2S/c15-10-8-12(14(16)17-9-10)24(22,23)21-6-3-11(4-7-21)19-13-2-1-5-18-20-13/h1-2,5,8-9,11H,3-4,6-7H2,(H2,16,17)(H,19,20). The van der Waals surface area contributed by atoms with Crippen LogP contribution in [-0.2, 0) is 10.0 Å². The second kappa shape index (κ2) is 6.88. The molecule has 0 unspecified atom stereocenters. The molecule has 1 aliphatic heterocycles. The molecule has 0 aromatic carbocycles. The lowest BCUT2D eigenvalue weighted by atomic mass is 10.1. The highest BCUT2D eigenvalue weighted by molar-refractivity contribution is 7.89. The summed E-state index contributed by atoms with van der Waals surface area (Å²) in [5.74, 6) is 0.640. The number of halogens is 1. The van der Waals surface area contributed by atoms with Crippen LogP contribution in [0, 0.1) is 0 Å². The zero-order chi connectivity index (χ0) is 17.2. The van der Waals surface area contributed by atoms with Crippen molar-refractivity contribution >= 4 is 33.3 Å². The molecule has 128 valence electrons. The number of nitrogens with two attached hydrogens (primary N) is 1. The Labute approximate surface area is 145 Å². The van der Waals surface area contributed by atoms with E-state index >= 15 is 0 Å². The number of piperidine rings is 1. The molecule has 2 aromatic rings. The summed E-state index contributed by atoms with van der Waals surface area (Å²) >= 11 is 5.85. The van der Waals surface area contributed by atoms with Gasteiger partial charge in [0.15, 0.2) is 0 Å². The molecule has 1 saturated heterocycles. The summed E-state index contributed by atoms with van der Waals surface area (Å²) in [5.41, 5.74) is 5.71. The van der Waals surface area contributed by atoms with Crippen LogP contribution in [-0.4, -0.2) is 47.0 Å². The molecular weight excluding hydrogens is 352 g/mol. The van der Waals surface area contributed by atoms with Crippen LogP contribution < -0.4 is 11.1 Å². The average Bonchev–Trinajstić information content (AvgIpc) is 2.58. The lowest BCUT2D eigenvalue weighted by Gasteiger charge is -2.31. The molecule has 1 fully saturated rings. The molecule has 10 heteroatoms. The van der Waals surface area contributed by atoms with E-state index in [-0.39, 0.29) is 21.8 Å². The lowest BCUT2D eigenvalue weighted by Crippen LogP contribution is -2.42. The number of nitrogens with one attached hydrogen (secondary N) is 1. The number of anilines is 2. The van der Waals surface area contributed by atoms with Crippen LogP contribution in [0.5, 0.6) is 0 Å². The molecule has 8 nitrogen and oxygen atoms in total. The fourth-order valence-electron chi connectivity index (χ4n) is 2.61. The van der Waals surface area contributed by atoms with Gasteiger partial charge in [-0.1, -0.05) is 11.6 Å². The highest BCUT2D eigenvalue weighted by Gasteiger charge is 2.31. The van der Waals surface area contributed by atoms with Gasteiger partial charge >= 0.3 is 0 Å². The quantitative estimate of drug-likeness (QED) is 0.837. The van der Waals surface area contributed by atoms with Crippen LogP contribution in [0.4, 0.5) is 11.6 Å². The van der Waals surface area contributed by atoms with E-state index in [9.17, 15) is 8.42 Å². The van der Waals surface area contributed by atoms with E-state index in [2.05, 4.69) is 20.5 Å².